The van der Waals surface area contributed by atoms with Crippen molar-refractivity contribution in [1.29, 1.82) is 0 Å². The van der Waals surface area contributed by atoms with Gasteiger partial charge >= 0.3 is 6.09 Å². The maximum absolute atomic E-state index is 13.9. The van der Waals surface area contributed by atoms with E-state index in [1.54, 1.807) is 76.4 Å². The molecular weight excluding hydrogens is 510 g/mol. The third-order valence-electron chi connectivity index (χ3n) is 6.10. The number of carbonyl (C=O) groups is 3. The molecule has 0 aliphatic carbocycles. The van der Waals surface area contributed by atoms with Crippen LogP contribution in [0.5, 0.6) is 11.5 Å². The second-order valence-electron chi connectivity index (χ2n) is 10.5. The molecule has 0 aliphatic rings. The smallest absolute Gasteiger partial charge is 0.408 e. The van der Waals surface area contributed by atoms with Gasteiger partial charge in [-0.1, -0.05) is 42.0 Å². The van der Waals surface area contributed by atoms with Crippen LogP contribution >= 0.6 is 0 Å². The Hall–Kier alpha value is -4.53. The molecule has 40 heavy (non-hydrogen) atoms. The monoisotopic (exact) mass is 547 g/mol. The molecule has 0 fully saturated rings. The Labute approximate surface area is 235 Å². The van der Waals surface area contributed by atoms with E-state index in [4.69, 9.17) is 9.47 Å². The lowest BCUT2D eigenvalue weighted by atomic mass is 10.00. The van der Waals surface area contributed by atoms with Crippen LogP contribution in [-0.2, 0) is 20.7 Å². The van der Waals surface area contributed by atoms with Crippen LogP contribution < -0.4 is 15.4 Å². The highest BCUT2D eigenvalue weighted by atomic mass is 16.6. The fraction of sp³-hybridized carbons (Fsp3) is 0.323. The summed E-state index contributed by atoms with van der Waals surface area (Å²) >= 11 is 0. The van der Waals surface area contributed by atoms with E-state index in [1.165, 1.54) is 24.1 Å². The van der Waals surface area contributed by atoms with Crippen molar-refractivity contribution in [3.63, 3.8) is 0 Å². The van der Waals surface area contributed by atoms with E-state index in [9.17, 15) is 19.5 Å². The number of likely N-dealkylation sites (N-methyl/N-ethyl adjacent to an activating group) is 1. The minimum Gasteiger partial charge on any atom is -0.508 e. The number of ether oxygens (including phenoxy) is 2. The predicted molar refractivity (Wildman–Crippen MR) is 153 cm³/mol. The van der Waals surface area contributed by atoms with Crippen LogP contribution in [0.2, 0.25) is 0 Å². The quantitative estimate of drug-likeness (QED) is 0.348. The highest BCUT2D eigenvalue weighted by Crippen LogP contribution is 2.25. The molecule has 0 radical (unpaired) electrons. The van der Waals surface area contributed by atoms with E-state index in [0.717, 1.165) is 5.56 Å². The molecular formula is C31H37N3O6. The number of nitrogens with zero attached hydrogens (tertiary/aromatic N) is 1. The number of rotatable bonds is 9. The van der Waals surface area contributed by atoms with Gasteiger partial charge in [-0.15, -0.1) is 0 Å². The maximum Gasteiger partial charge on any atom is 0.408 e. The lowest BCUT2D eigenvalue weighted by Gasteiger charge is -2.32. The van der Waals surface area contributed by atoms with E-state index in [2.05, 4.69) is 10.6 Å². The summed E-state index contributed by atoms with van der Waals surface area (Å²) in [5.74, 6) is -0.191. The van der Waals surface area contributed by atoms with Gasteiger partial charge in [0.1, 0.15) is 29.2 Å². The Morgan fingerprint density at radius 3 is 2.08 bits per heavy atom. The molecule has 9 heteroatoms. The Morgan fingerprint density at radius 2 is 1.52 bits per heavy atom. The van der Waals surface area contributed by atoms with Crippen molar-refractivity contribution < 1.29 is 29.0 Å². The van der Waals surface area contributed by atoms with Gasteiger partial charge in [-0.3, -0.25) is 9.59 Å². The lowest BCUT2D eigenvalue weighted by molar-refractivity contribution is -0.139. The molecule has 3 aromatic rings. The summed E-state index contributed by atoms with van der Waals surface area (Å²) in [6.07, 6.45) is -0.642. The Balaban J connectivity index is 1.93. The first-order valence-electron chi connectivity index (χ1n) is 12.9. The number of benzene rings is 3. The average molecular weight is 548 g/mol. The van der Waals surface area contributed by atoms with Crippen LogP contribution in [0.15, 0.2) is 72.8 Å². The molecule has 0 bridgehead atoms. The summed E-state index contributed by atoms with van der Waals surface area (Å²) in [5, 5.41) is 15.2. The predicted octanol–water partition coefficient (Wildman–Crippen LogP) is 4.98. The number of nitrogens with one attached hydrogen (secondary N) is 2. The first-order valence-corrected chi connectivity index (χ1v) is 12.9. The normalized spacial score (nSPS) is 12.6. The third kappa shape index (κ3) is 8.49. The van der Waals surface area contributed by atoms with Gasteiger partial charge in [0.15, 0.2) is 0 Å². The van der Waals surface area contributed by atoms with Gasteiger partial charge in [0.05, 0.1) is 7.11 Å². The molecule has 0 heterocycles. The van der Waals surface area contributed by atoms with Crippen molar-refractivity contribution in [3.05, 3.63) is 89.5 Å². The largest absolute Gasteiger partial charge is 0.508 e. The number of alkyl carbamates (subject to hydrolysis) is 1. The number of aryl methyl sites for hydroxylation is 1. The number of methoxy groups -OCH3 is 1. The minimum absolute atomic E-state index is 0.0819. The van der Waals surface area contributed by atoms with E-state index in [0.29, 0.717) is 22.6 Å². The molecule has 3 amide bonds. The zero-order valence-electron chi connectivity index (χ0n) is 23.7. The van der Waals surface area contributed by atoms with Gasteiger partial charge in [0.25, 0.3) is 5.91 Å². The topological polar surface area (TPSA) is 117 Å². The molecule has 0 saturated heterocycles. The Bertz CT molecular complexity index is 1300. The second kappa shape index (κ2) is 13.0. The highest BCUT2D eigenvalue weighted by Gasteiger charge is 2.34. The van der Waals surface area contributed by atoms with Crippen molar-refractivity contribution in [3.8, 4) is 11.5 Å². The molecule has 0 aliphatic heterocycles. The Morgan fingerprint density at radius 1 is 0.925 bits per heavy atom. The first kappa shape index (κ1) is 30.0. The second-order valence-corrected chi connectivity index (χ2v) is 10.5. The number of carbonyl (C=O) groups excluding carboxylic acids is 3. The molecule has 2 atom stereocenters. The van der Waals surface area contributed by atoms with Crippen molar-refractivity contribution in [2.45, 2.75) is 51.8 Å². The molecule has 2 unspecified atom stereocenters. The number of anilines is 1. The highest BCUT2D eigenvalue weighted by molar-refractivity contribution is 5.99. The number of phenols is 1. The van der Waals surface area contributed by atoms with E-state index in [1.807, 2.05) is 19.1 Å². The number of phenolic OH excluding ortho intramolecular Hbond substituents is 1. The van der Waals surface area contributed by atoms with E-state index < -0.39 is 35.6 Å². The van der Waals surface area contributed by atoms with E-state index in [-0.39, 0.29) is 12.2 Å². The molecule has 3 N–H and O–H groups in total. The summed E-state index contributed by atoms with van der Waals surface area (Å²) in [6.45, 7) is 7.12. The van der Waals surface area contributed by atoms with Crippen LogP contribution in [0.3, 0.4) is 0 Å². The SMILES string of the molecule is COc1ccc(NC(=O)C(c2ccc(C)cc2)N(C)C(=O)C(Cc2ccc(O)cc2)NC(=O)OC(C)(C)C)cc1. The fourth-order valence-corrected chi connectivity index (χ4v) is 4.08. The standard InChI is InChI=1S/C31H37N3O6/c1-20-7-11-22(12-8-20)27(28(36)32-23-13-17-25(39-6)18-14-23)34(5)29(37)26(33-30(38)40-31(2,3)4)19-21-9-15-24(35)16-10-21/h7-18,26-27,35H,19H2,1-6H3,(H,32,36)(H,33,38). The van der Waals surface area contributed by atoms with Gasteiger partial charge < -0.3 is 30.1 Å². The summed E-state index contributed by atoms with van der Waals surface area (Å²) in [4.78, 5) is 41.6. The Kier molecular flexibility index (Phi) is 9.77. The van der Waals surface area contributed by atoms with Gasteiger partial charge in [0.2, 0.25) is 5.91 Å². The third-order valence-corrected chi connectivity index (χ3v) is 6.10. The lowest BCUT2D eigenvalue weighted by Crippen LogP contribution is -2.52. The molecule has 212 valence electrons. The van der Waals surface area contributed by atoms with Crippen molar-refractivity contribution >= 4 is 23.6 Å². The zero-order valence-corrected chi connectivity index (χ0v) is 23.7. The minimum atomic E-state index is -1.05. The van der Waals surface area contributed by atoms with Gasteiger partial charge in [-0.25, -0.2) is 4.79 Å². The molecule has 0 saturated carbocycles. The van der Waals surface area contributed by atoms with Crippen molar-refractivity contribution in [1.82, 2.24) is 10.2 Å². The summed E-state index contributed by atoms with van der Waals surface area (Å²) < 4.78 is 10.6. The number of hydrogen-bond donors (Lipinski definition) is 3. The molecule has 9 nitrogen and oxygen atoms in total. The summed E-state index contributed by atoms with van der Waals surface area (Å²) in [7, 11) is 3.09. The molecule has 0 spiro atoms. The van der Waals surface area contributed by atoms with Gasteiger partial charge in [0, 0.05) is 19.2 Å². The van der Waals surface area contributed by atoms with Crippen molar-refractivity contribution in [2.24, 2.45) is 0 Å². The number of hydrogen-bond acceptors (Lipinski definition) is 6. The van der Waals surface area contributed by atoms with Crippen molar-refractivity contribution in [2.75, 3.05) is 19.5 Å². The number of amides is 3. The molecule has 3 aromatic carbocycles. The van der Waals surface area contributed by atoms with Gasteiger partial charge in [-0.2, -0.15) is 0 Å². The van der Waals surface area contributed by atoms with Gasteiger partial charge in [-0.05, 0) is 75.2 Å². The van der Waals surface area contributed by atoms with Crippen LogP contribution in [0.1, 0.15) is 43.5 Å². The van der Waals surface area contributed by atoms with Crippen LogP contribution in [0.25, 0.3) is 0 Å². The van der Waals surface area contributed by atoms with Crippen LogP contribution in [-0.4, -0.2) is 53.7 Å². The average Bonchev–Trinajstić information content (AvgIpc) is 2.89. The summed E-state index contributed by atoms with van der Waals surface area (Å²) in [6, 6.07) is 18.5. The fourth-order valence-electron chi connectivity index (χ4n) is 4.08. The number of aromatic hydroxyl groups is 1. The molecule has 3 rings (SSSR count). The van der Waals surface area contributed by atoms with Crippen LogP contribution in [0.4, 0.5) is 10.5 Å². The van der Waals surface area contributed by atoms with Crippen LogP contribution in [0, 0.1) is 6.92 Å². The zero-order chi connectivity index (χ0) is 29.4. The van der Waals surface area contributed by atoms with E-state index >= 15 is 0 Å². The molecule has 0 aromatic heterocycles. The maximum atomic E-state index is 13.9. The summed E-state index contributed by atoms with van der Waals surface area (Å²) in [5.41, 5.74) is 2.08. The first-order chi connectivity index (χ1) is 18.9.